The van der Waals surface area contributed by atoms with Crippen molar-refractivity contribution >= 4 is 47.6 Å². The Morgan fingerprint density at radius 1 is 1.00 bits per heavy atom. The van der Waals surface area contributed by atoms with Crippen molar-refractivity contribution in [2.24, 2.45) is 0 Å². The minimum atomic E-state index is -6.09. The van der Waals surface area contributed by atoms with Crippen LogP contribution in [0, 0.1) is 0 Å². The van der Waals surface area contributed by atoms with Crippen LogP contribution in [0.25, 0.3) is 31.3 Å². The summed E-state index contributed by atoms with van der Waals surface area (Å²) in [4.78, 5) is 9.69. The molecule has 0 amide bonds. The van der Waals surface area contributed by atoms with E-state index in [4.69, 9.17) is 17.7 Å². The molecule has 0 radical (unpaired) electrons. The molecule has 0 bridgehead atoms. The second-order valence-corrected chi connectivity index (χ2v) is 9.34. The maximum Gasteiger partial charge on any atom is 0.518 e. The van der Waals surface area contributed by atoms with E-state index in [9.17, 15) is 18.0 Å². The normalized spacial score (nSPS) is 11.7. The number of halogens is 3. The average Bonchev–Trinajstić information content (AvgIpc) is 3.12. The predicted molar refractivity (Wildman–Crippen MR) is 123 cm³/mol. The van der Waals surface area contributed by atoms with Crippen LogP contribution in [-0.4, -0.2) is 29.2 Å². The van der Waals surface area contributed by atoms with E-state index in [2.05, 4.69) is 49.0 Å². The average molecular weight is 495 g/mol. The largest absolute Gasteiger partial charge is 0.741 e. The first-order valence-corrected chi connectivity index (χ1v) is 11.5. The summed E-state index contributed by atoms with van der Waals surface area (Å²) in [6, 6.07) is 22.7. The summed E-state index contributed by atoms with van der Waals surface area (Å²) in [5, 5.41) is 2.57. The first kappa shape index (κ1) is 24.4. The minimum absolute atomic E-state index is 0.154. The summed E-state index contributed by atoms with van der Waals surface area (Å²) < 4.78 is 66.9. The molecule has 1 aromatic heterocycles. The molecule has 0 aliphatic carbocycles. The number of fused-ring (bicyclic) bond motifs is 3. The predicted octanol–water partition coefficient (Wildman–Crippen LogP) is 6.23. The lowest BCUT2D eigenvalue weighted by atomic mass is 9.99. The highest BCUT2D eigenvalue weighted by atomic mass is 32.2. The van der Waals surface area contributed by atoms with Crippen molar-refractivity contribution in [1.29, 1.82) is 0 Å². The van der Waals surface area contributed by atoms with Crippen LogP contribution in [-0.2, 0) is 10.1 Å². The molecule has 0 aliphatic heterocycles. The summed E-state index contributed by atoms with van der Waals surface area (Å²) in [6.45, 7) is 5.36. The summed E-state index contributed by atoms with van der Waals surface area (Å²) in [5.41, 5.74) is -2.82. The third-order valence-electron chi connectivity index (χ3n) is 4.43. The van der Waals surface area contributed by atoms with Crippen molar-refractivity contribution in [2.45, 2.75) is 12.4 Å². The molecule has 0 saturated carbocycles. The van der Waals surface area contributed by atoms with Crippen LogP contribution in [0.3, 0.4) is 0 Å². The molecule has 10 heteroatoms. The molecule has 33 heavy (non-hydrogen) atoms. The monoisotopic (exact) mass is 494 g/mol. The molecule has 0 aliphatic rings. The van der Waals surface area contributed by atoms with Gasteiger partial charge in [0.25, 0.3) is 0 Å². The number of alkyl halides is 3. The fraction of sp³-hybridized carbons (Fsp3) is 0.0870. The standard InChI is InChI=1S/C22H16O2S.CHF3O3S/c1-14(2)22(23)24-16-12-10-15(11-13-16)17-7-5-9-20-21(17)18-6-3-4-8-19(18)25-20;2-1(3,4)8(5,6)7/h3-13H,1H2,2H3;(H,5,6,7). The summed E-state index contributed by atoms with van der Waals surface area (Å²) in [6.07, 6.45) is 0. The topological polar surface area (TPSA) is 87.8 Å². The number of benzene rings is 3. The lowest BCUT2D eigenvalue weighted by Crippen LogP contribution is -2.21. The maximum absolute atomic E-state index is 10.7. The second kappa shape index (κ2) is 9.34. The van der Waals surface area contributed by atoms with Gasteiger partial charge >= 0.3 is 11.5 Å². The summed E-state index contributed by atoms with van der Waals surface area (Å²) in [7, 11) is -6.09. The van der Waals surface area contributed by atoms with E-state index in [-0.39, 0.29) is 5.97 Å². The Bertz CT molecular complexity index is 1440. The molecule has 5 nitrogen and oxygen atoms in total. The highest BCUT2D eigenvalue weighted by Gasteiger charge is 2.36. The zero-order valence-electron chi connectivity index (χ0n) is 17.1. The molecule has 3 aromatic carbocycles. The van der Waals surface area contributed by atoms with Gasteiger partial charge in [0.2, 0.25) is 5.75 Å². The second-order valence-electron chi connectivity index (χ2n) is 6.89. The number of carbonyl (C=O) groups excluding carboxylic acids is 1. The highest BCUT2D eigenvalue weighted by molar-refractivity contribution is 7.86. The third kappa shape index (κ3) is 5.59. The molecule has 0 spiro atoms. The Hall–Kier alpha value is -3.21. The van der Waals surface area contributed by atoms with Crippen molar-refractivity contribution in [2.75, 3.05) is 0 Å². The third-order valence-corrected chi connectivity index (χ3v) is 6.13. The SMILES string of the molecule is C=C(C)C(=[OH+])Oc1ccc(-c2cccc3sc4ccccc4c23)cc1.O=S(=O)([O-])C(F)(F)F. The first-order valence-electron chi connectivity index (χ1n) is 9.31. The van der Waals surface area contributed by atoms with E-state index >= 15 is 0 Å². The molecule has 0 saturated heterocycles. The van der Waals surface area contributed by atoms with Crippen LogP contribution in [0.2, 0.25) is 0 Å². The van der Waals surface area contributed by atoms with E-state index in [0.717, 1.165) is 5.56 Å². The number of hydrogen-bond donors (Lipinski definition) is 0. The van der Waals surface area contributed by atoms with Gasteiger partial charge in [0.15, 0.2) is 10.1 Å². The molecule has 172 valence electrons. The summed E-state index contributed by atoms with van der Waals surface area (Å²) in [5.74, 6) is 0.435. The van der Waals surface area contributed by atoms with E-state index in [1.165, 1.54) is 25.7 Å². The molecular weight excluding hydrogens is 477 g/mol. The van der Waals surface area contributed by atoms with Gasteiger partial charge in [-0.05, 0) is 42.3 Å². The lowest BCUT2D eigenvalue weighted by molar-refractivity contribution is -0.0517. The Balaban J connectivity index is 0.000000331. The zero-order valence-corrected chi connectivity index (χ0v) is 18.7. The van der Waals surface area contributed by atoms with E-state index in [0.29, 0.717) is 11.3 Å². The van der Waals surface area contributed by atoms with E-state index in [1.807, 2.05) is 35.6 Å². The molecule has 1 N–H and O–H groups in total. The highest BCUT2D eigenvalue weighted by Crippen LogP contribution is 2.40. The maximum atomic E-state index is 10.7. The van der Waals surface area contributed by atoms with Gasteiger partial charge in [0.1, 0.15) is 0 Å². The summed E-state index contributed by atoms with van der Waals surface area (Å²) >= 11 is 1.81. The molecule has 1 heterocycles. The van der Waals surface area contributed by atoms with E-state index < -0.39 is 15.6 Å². The molecular formula is C23H17F3O5S2. The molecule has 0 atom stereocenters. The van der Waals surface area contributed by atoms with Crippen LogP contribution in [0.5, 0.6) is 5.75 Å². The van der Waals surface area contributed by atoms with Crippen LogP contribution in [0.15, 0.2) is 78.9 Å². The Morgan fingerprint density at radius 3 is 2.15 bits per heavy atom. The van der Waals surface area contributed by atoms with Crippen LogP contribution < -0.4 is 4.74 Å². The Labute approximate surface area is 191 Å². The van der Waals surface area contributed by atoms with Crippen LogP contribution in [0.1, 0.15) is 6.92 Å². The van der Waals surface area contributed by atoms with Crippen molar-refractivity contribution in [3.05, 3.63) is 78.9 Å². The van der Waals surface area contributed by atoms with Gasteiger partial charge in [-0.2, -0.15) is 13.2 Å². The molecule has 0 fully saturated rings. The fourth-order valence-corrected chi connectivity index (χ4v) is 4.05. The van der Waals surface area contributed by atoms with Gasteiger partial charge < -0.3 is 9.35 Å². The fourth-order valence-electron chi connectivity index (χ4n) is 2.92. The van der Waals surface area contributed by atoms with Crippen LogP contribution >= 0.6 is 11.3 Å². The molecule has 4 aromatic rings. The van der Waals surface area contributed by atoms with Crippen molar-refractivity contribution in [3.8, 4) is 16.9 Å². The number of ether oxygens (including phenoxy) is 1. The zero-order chi connectivity index (χ0) is 24.4. The van der Waals surface area contributed by atoms with Crippen LogP contribution in [0.4, 0.5) is 13.2 Å². The Morgan fingerprint density at radius 2 is 1.58 bits per heavy atom. The van der Waals surface area contributed by atoms with Crippen molar-refractivity contribution in [3.63, 3.8) is 0 Å². The first-order chi connectivity index (χ1) is 15.4. The van der Waals surface area contributed by atoms with Gasteiger partial charge in [-0.3, -0.25) is 4.74 Å². The Kier molecular flexibility index (Phi) is 6.92. The van der Waals surface area contributed by atoms with E-state index in [1.54, 1.807) is 6.92 Å². The van der Waals surface area contributed by atoms with Gasteiger partial charge in [0, 0.05) is 32.3 Å². The number of rotatable bonds is 3. The number of hydrogen-bond acceptors (Lipinski definition) is 5. The quantitative estimate of drug-likeness (QED) is 0.0843. The lowest BCUT2D eigenvalue weighted by Gasteiger charge is -2.08. The number of esters is 1. The smallest absolute Gasteiger partial charge is 0.518 e. The van der Waals surface area contributed by atoms with Gasteiger partial charge in [-0.25, -0.2) is 8.42 Å². The minimum Gasteiger partial charge on any atom is -0.741 e. The van der Waals surface area contributed by atoms with Gasteiger partial charge in [-0.1, -0.05) is 36.9 Å². The van der Waals surface area contributed by atoms with Gasteiger partial charge in [0.05, 0.1) is 5.57 Å². The molecule has 4 rings (SSSR count). The molecule has 0 unspecified atom stereocenters. The number of thiophene rings is 1. The van der Waals surface area contributed by atoms with Crippen molar-refractivity contribution < 1.29 is 35.7 Å². The van der Waals surface area contributed by atoms with Crippen molar-refractivity contribution in [1.82, 2.24) is 0 Å². The van der Waals surface area contributed by atoms with Gasteiger partial charge in [-0.15, -0.1) is 11.3 Å².